The number of primary amides is 1. The molecule has 0 aromatic heterocycles. The molecular weight excluding hydrogens is 226 g/mol. The Kier molecular flexibility index (Phi) is 3.63. The summed E-state index contributed by atoms with van der Waals surface area (Å²) in [6.07, 6.45) is 0.696. The predicted molar refractivity (Wildman–Crippen MR) is 70.9 cm³/mol. The monoisotopic (exact) mass is 241 g/mol. The lowest BCUT2D eigenvalue weighted by Crippen LogP contribution is -2.14. The Hall–Kier alpha value is -2.29. The minimum absolute atomic E-state index is 0.426. The van der Waals surface area contributed by atoms with Crippen LogP contribution in [0.4, 0.5) is 0 Å². The average molecular weight is 241 g/mol. The molecule has 0 aliphatic carbocycles. The van der Waals surface area contributed by atoms with Gasteiger partial charge in [0.15, 0.2) is 0 Å². The smallest absolute Gasteiger partial charge is 0.249 e. The molecule has 0 radical (unpaired) electrons. The molecule has 0 saturated heterocycles. The number of carbonyl (C=O) groups is 1. The summed E-state index contributed by atoms with van der Waals surface area (Å²) in [4.78, 5) is 11.4. The summed E-state index contributed by atoms with van der Waals surface area (Å²) in [6.45, 7) is 1.97. The number of benzene rings is 2. The van der Waals surface area contributed by atoms with Crippen LogP contribution >= 0.6 is 0 Å². The van der Waals surface area contributed by atoms with E-state index in [4.69, 9.17) is 10.5 Å². The van der Waals surface area contributed by atoms with Gasteiger partial charge in [0.05, 0.1) is 0 Å². The van der Waals surface area contributed by atoms with Crippen molar-refractivity contribution < 1.29 is 9.53 Å². The number of hydrogen-bond acceptors (Lipinski definition) is 2. The van der Waals surface area contributed by atoms with Gasteiger partial charge in [-0.05, 0) is 30.7 Å². The fraction of sp³-hybridized carbons (Fsp3) is 0.133. The molecule has 2 aromatic carbocycles. The summed E-state index contributed by atoms with van der Waals surface area (Å²) in [5, 5.41) is 0. The molecule has 0 bridgehead atoms. The third-order valence-electron chi connectivity index (χ3n) is 2.72. The second-order valence-corrected chi connectivity index (χ2v) is 3.92. The minimum atomic E-state index is -0.426. The summed E-state index contributed by atoms with van der Waals surface area (Å²) >= 11 is 0. The Labute approximate surface area is 106 Å². The first-order valence-electron chi connectivity index (χ1n) is 5.87. The van der Waals surface area contributed by atoms with Crippen LogP contribution in [0.15, 0.2) is 48.5 Å². The van der Waals surface area contributed by atoms with Crippen molar-refractivity contribution in [3.05, 3.63) is 59.7 Å². The summed E-state index contributed by atoms with van der Waals surface area (Å²) in [7, 11) is 0. The molecule has 2 N–H and O–H groups in total. The van der Waals surface area contributed by atoms with Crippen molar-refractivity contribution >= 4 is 5.91 Å². The zero-order valence-electron chi connectivity index (χ0n) is 10.2. The number of amides is 1. The maximum Gasteiger partial charge on any atom is 0.249 e. The molecule has 0 atom stereocenters. The highest BCUT2D eigenvalue weighted by Gasteiger charge is 2.12. The van der Waals surface area contributed by atoms with Gasteiger partial charge in [0.25, 0.3) is 0 Å². The summed E-state index contributed by atoms with van der Waals surface area (Å²) < 4.78 is 5.78. The van der Waals surface area contributed by atoms with Crippen molar-refractivity contribution in [1.82, 2.24) is 0 Å². The minimum Gasteiger partial charge on any atom is -0.457 e. The Morgan fingerprint density at radius 3 is 2.44 bits per heavy atom. The van der Waals surface area contributed by atoms with Crippen LogP contribution in [-0.2, 0) is 6.42 Å². The molecule has 0 unspecified atom stereocenters. The Bertz CT molecular complexity index is 550. The van der Waals surface area contributed by atoms with Crippen LogP contribution in [0.5, 0.6) is 11.5 Å². The molecule has 3 heteroatoms. The lowest BCUT2D eigenvalue weighted by Gasteiger charge is -2.12. The third kappa shape index (κ3) is 2.51. The lowest BCUT2D eigenvalue weighted by molar-refractivity contribution is 0.0999. The zero-order chi connectivity index (χ0) is 13.0. The Balaban J connectivity index is 2.39. The second-order valence-electron chi connectivity index (χ2n) is 3.92. The van der Waals surface area contributed by atoms with Crippen LogP contribution in [0.25, 0.3) is 0 Å². The van der Waals surface area contributed by atoms with Gasteiger partial charge in [-0.25, -0.2) is 0 Å². The van der Waals surface area contributed by atoms with E-state index in [1.807, 2.05) is 43.3 Å². The molecule has 0 spiro atoms. The van der Waals surface area contributed by atoms with Gasteiger partial charge >= 0.3 is 0 Å². The van der Waals surface area contributed by atoms with Gasteiger partial charge in [0, 0.05) is 11.1 Å². The molecule has 0 aliphatic heterocycles. The first-order valence-corrected chi connectivity index (χ1v) is 5.87. The van der Waals surface area contributed by atoms with Crippen molar-refractivity contribution in [2.75, 3.05) is 0 Å². The maximum absolute atomic E-state index is 11.4. The molecule has 3 nitrogen and oxygen atoms in total. The van der Waals surface area contributed by atoms with Crippen molar-refractivity contribution in [2.45, 2.75) is 13.3 Å². The van der Waals surface area contributed by atoms with E-state index in [9.17, 15) is 4.79 Å². The highest BCUT2D eigenvalue weighted by molar-refractivity contribution is 5.95. The fourth-order valence-electron chi connectivity index (χ4n) is 1.87. The normalized spacial score (nSPS) is 10.1. The Morgan fingerprint density at radius 1 is 1.11 bits per heavy atom. The zero-order valence-corrected chi connectivity index (χ0v) is 10.2. The van der Waals surface area contributed by atoms with E-state index in [2.05, 4.69) is 0 Å². The molecule has 0 saturated carbocycles. The van der Waals surface area contributed by atoms with Crippen LogP contribution in [0.1, 0.15) is 22.8 Å². The average Bonchev–Trinajstić information content (AvgIpc) is 2.39. The van der Waals surface area contributed by atoms with E-state index in [1.165, 1.54) is 0 Å². The van der Waals surface area contributed by atoms with Gasteiger partial charge in [0.1, 0.15) is 11.5 Å². The summed E-state index contributed by atoms with van der Waals surface area (Å²) in [6, 6.07) is 14.8. The first-order chi connectivity index (χ1) is 8.72. The maximum atomic E-state index is 11.4. The van der Waals surface area contributed by atoms with E-state index in [0.717, 1.165) is 11.3 Å². The summed E-state index contributed by atoms with van der Waals surface area (Å²) in [5.74, 6) is 0.999. The van der Waals surface area contributed by atoms with E-state index in [0.29, 0.717) is 17.7 Å². The van der Waals surface area contributed by atoms with Crippen LogP contribution in [0.3, 0.4) is 0 Å². The fourth-order valence-corrected chi connectivity index (χ4v) is 1.87. The first kappa shape index (κ1) is 12.2. The Morgan fingerprint density at radius 2 is 1.83 bits per heavy atom. The number of carbonyl (C=O) groups excluding carboxylic acids is 1. The number of rotatable bonds is 4. The number of para-hydroxylation sites is 1. The highest BCUT2D eigenvalue weighted by Crippen LogP contribution is 2.27. The SMILES string of the molecule is CCc1c(Oc2ccccc2)cccc1C(N)=O. The molecular formula is C15H15NO2. The van der Waals surface area contributed by atoms with Crippen LogP contribution in [-0.4, -0.2) is 5.91 Å². The molecule has 2 rings (SSSR count). The van der Waals surface area contributed by atoms with Gasteiger partial charge in [-0.3, -0.25) is 4.79 Å². The summed E-state index contributed by atoms with van der Waals surface area (Å²) in [5.41, 5.74) is 6.72. The largest absolute Gasteiger partial charge is 0.457 e. The topological polar surface area (TPSA) is 52.3 Å². The van der Waals surface area contributed by atoms with Crippen LogP contribution in [0, 0.1) is 0 Å². The van der Waals surface area contributed by atoms with Crippen molar-refractivity contribution in [1.29, 1.82) is 0 Å². The molecule has 0 aliphatic rings. The predicted octanol–water partition coefficient (Wildman–Crippen LogP) is 3.14. The standard InChI is InChI=1S/C15H15NO2/c1-2-12-13(15(16)17)9-6-10-14(12)18-11-7-4-3-5-8-11/h3-10H,2H2,1H3,(H2,16,17). The van der Waals surface area contributed by atoms with Crippen LogP contribution < -0.4 is 10.5 Å². The van der Waals surface area contributed by atoms with Gasteiger partial charge in [-0.15, -0.1) is 0 Å². The molecule has 92 valence electrons. The van der Waals surface area contributed by atoms with Gasteiger partial charge in [0.2, 0.25) is 5.91 Å². The quantitative estimate of drug-likeness (QED) is 0.894. The number of hydrogen-bond donors (Lipinski definition) is 1. The highest BCUT2D eigenvalue weighted by atomic mass is 16.5. The van der Waals surface area contributed by atoms with Crippen molar-refractivity contribution in [3.8, 4) is 11.5 Å². The van der Waals surface area contributed by atoms with Gasteiger partial charge in [-0.1, -0.05) is 31.2 Å². The molecule has 1 amide bonds. The van der Waals surface area contributed by atoms with E-state index in [1.54, 1.807) is 12.1 Å². The van der Waals surface area contributed by atoms with Gasteiger partial charge < -0.3 is 10.5 Å². The molecule has 2 aromatic rings. The molecule has 0 heterocycles. The second kappa shape index (κ2) is 5.36. The third-order valence-corrected chi connectivity index (χ3v) is 2.72. The molecule has 0 fully saturated rings. The van der Waals surface area contributed by atoms with Crippen molar-refractivity contribution in [3.63, 3.8) is 0 Å². The van der Waals surface area contributed by atoms with Crippen molar-refractivity contribution in [2.24, 2.45) is 5.73 Å². The van der Waals surface area contributed by atoms with Gasteiger partial charge in [-0.2, -0.15) is 0 Å². The van der Waals surface area contributed by atoms with E-state index >= 15 is 0 Å². The lowest BCUT2D eigenvalue weighted by atomic mass is 10.0. The number of ether oxygens (including phenoxy) is 1. The van der Waals surface area contributed by atoms with E-state index in [-0.39, 0.29) is 0 Å². The molecule has 18 heavy (non-hydrogen) atoms. The van der Waals surface area contributed by atoms with Crippen LogP contribution in [0.2, 0.25) is 0 Å². The van der Waals surface area contributed by atoms with E-state index < -0.39 is 5.91 Å². The number of nitrogens with two attached hydrogens (primary N) is 1.